The first kappa shape index (κ1) is 20.0. The van der Waals surface area contributed by atoms with Gasteiger partial charge in [0.25, 0.3) is 0 Å². The highest BCUT2D eigenvalue weighted by atomic mass is 35.5. The van der Waals surface area contributed by atoms with Gasteiger partial charge < -0.3 is 15.4 Å². The number of hydrogen-bond donors (Lipinski definition) is 2. The van der Waals surface area contributed by atoms with Gasteiger partial charge in [0.05, 0.1) is 6.20 Å². The first-order valence-electron chi connectivity index (χ1n) is 8.85. The maximum absolute atomic E-state index is 12.7. The lowest BCUT2D eigenvalue weighted by molar-refractivity contribution is -0.189. The largest absolute Gasteiger partial charge is 0.491 e. The van der Waals surface area contributed by atoms with Crippen LogP contribution >= 0.6 is 11.6 Å². The van der Waals surface area contributed by atoms with Crippen molar-refractivity contribution < 1.29 is 22.7 Å². The second-order valence-corrected chi connectivity index (χ2v) is 6.96. The van der Waals surface area contributed by atoms with Crippen molar-refractivity contribution in [2.45, 2.75) is 19.0 Å². The molecule has 2 aromatic carbocycles. The lowest BCUT2D eigenvalue weighted by atomic mass is 10.0. The normalized spacial score (nSPS) is 13.1. The number of halogens is 4. The number of carbonyl (C=O) groups excluding carboxylic acids is 1. The maximum Gasteiger partial charge on any atom is 0.491 e. The van der Waals surface area contributed by atoms with Crippen LogP contribution in [0.5, 0.6) is 5.75 Å². The van der Waals surface area contributed by atoms with Gasteiger partial charge in [-0.3, -0.25) is 0 Å². The predicted octanol–water partition coefficient (Wildman–Crippen LogP) is 5.18. The molecule has 6 bridgehead atoms. The zero-order chi connectivity index (χ0) is 21.3. The third-order valence-corrected chi connectivity index (χ3v) is 4.64. The second-order valence-electron chi connectivity index (χ2n) is 6.55. The van der Waals surface area contributed by atoms with E-state index in [1.807, 2.05) is 24.3 Å². The lowest BCUT2D eigenvalue weighted by Gasteiger charge is -2.14. The molecule has 3 aromatic rings. The SMILES string of the molecule is O=C(Oc1ccc2cc1CCc1cccc(c1)Nc1ncc(Cl)c(n1)N2)C(F)(F)F. The van der Waals surface area contributed by atoms with Crippen LogP contribution in [0.4, 0.5) is 36.3 Å². The summed E-state index contributed by atoms with van der Waals surface area (Å²) in [6.07, 6.45) is -2.80. The molecule has 0 atom stereocenters. The van der Waals surface area contributed by atoms with Crippen molar-refractivity contribution in [1.29, 1.82) is 0 Å². The Kier molecular flexibility index (Phi) is 5.21. The van der Waals surface area contributed by atoms with E-state index in [1.54, 1.807) is 6.07 Å². The molecule has 0 spiro atoms. The Balaban J connectivity index is 1.76. The van der Waals surface area contributed by atoms with Crippen LogP contribution in [0.25, 0.3) is 0 Å². The third-order valence-electron chi connectivity index (χ3n) is 4.37. The van der Waals surface area contributed by atoms with Crippen LogP contribution in [-0.2, 0) is 17.6 Å². The number of alkyl halides is 3. The molecule has 30 heavy (non-hydrogen) atoms. The predicted molar refractivity (Wildman–Crippen MR) is 106 cm³/mol. The molecule has 1 aliphatic rings. The van der Waals surface area contributed by atoms with E-state index >= 15 is 0 Å². The highest BCUT2D eigenvalue weighted by Gasteiger charge is 2.41. The second kappa shape index (κ2) is 7.83. The summed E-state index contributed by atoms with van der Waals surface area (Å²) in [7, 11) is 0. The molecule has 0 saturated heterocycles. The number of nitrogens with one attached hydrogen (secondary N) is 2. The summed E-state index contributed by atoms with van der Waals surface area (Å²) in [5.41, 5.74) is 2.63. The van der Waals surface area contributed by atoms with Gasteiger partial charge in [-0.15, -0.1) is 0 Å². The van der Waals surface area contributed by atoms with Crippen LogP contribution in [0.2, 0.25) is 5.02 Å². The number of hydrogen-bond acceptors (Lipinski definition) is 6. The number of anilines is 4. The average molecular weight is 435 g/mol. The van der Waals surface area contributed by atoms with Crippen molar-refractivity contribution in [2.75, 3.05) is 10.6 Å². The number of carbonyl (C=O) groups is 1. The fourth-order valence-electron chi connectivity index (χ4n) is 2.97. The van der Waals surface area contributed by atoms with E-state index < -0.39 is 12.1 Å². The molecule has 6 nitrogen and oxygen atoms in total. The van der Waals surface area contributed by atoms with Gasteiger partial charge in [-0.2, -0.15) is 18.2 Å². The monoisotopic (exact) mass is 434 g/mol. The van der Waals surface area contributed by atoms with Crippen molar-refractivity contribution in [2.24, 2.45) is 0 Å². The number of ether oxygens (including phenoxy) is 1. The third kappa shape index (κ3) is 4.46. The first-order valence-corrected chi connectivity index (χ1v) is 9.23. The summed E-state index contributed by atoms with van der Waals surface area (Å²) in [6.45, 7) is 0. The van der Waals surface area contributed by atoms with Gasteiger partial charge in [-0.05, 0) is 54.3 Å². The van der Waals surface area contributed by atoms with Crippen LogP contribution < -0.4 is 15.4 Å². The number of rotatable bonds is 1. The quantitative estimate of drug-likeness (QED) is 0.406. The van der Waals surface area contributed by atoms with Crippen molar-refractivity contribution in [1.82, 2.24) is 9.97 Å². The summed E-state index contributed by atoms with van der Waals surface area (Å²) < 4.78 is 42.6. The number of aryl methyl sites for hydroxylation is 2. The van der Waals surface area contributed by atoms with E-state index in [9.17, 15) is 18.0 Å². The van der Waals surface area contributed by atoms with Gasteiger partial charge >= 0.3 is 12.1 Å². The zero-order valence-electron chi connectivity index (χ0n) is 15.3. The smallest absolute Gasteiger partial charge is 0.420 e. The molecular formula is C20H14ClF3N4O2. The molecule has 2 N–H and O–H groups in total. The van der Waals surface area contributed by atoms with E-state index in [1.165, 1.54) is 18.3 Å². The number of nitrogens with zero attached hydrogens (tertiary/aromatic N) is 2. The Hall–Kier alpha value is -3.33. The summed E-state index contributed by atoms with van der Waals surface area (Å²) in [6, 6.07) is 11.8. The fraction of sp³-hybridized carbons (Fsp3) is 0.150. The van der Waals surface area contributed by atoms with E-state index in [4.69, 9.17) is 11.6 Å². The number of esters is 1. The van der Waals surface area contributed by atoms with Gasteiger partial charge in [-0.1, -0.05) is 23.7 Å². The van der Waals surface area contributed by atoms with E-state index in [-0.39, 0.29) is 10.8 Å². The van der Waals surface area contributed by atoms with Crippen LogP contribution in [-0.4, -0.2) is 22.1 Å². The number of aromatic nitrogens is 2. The van der Waals surface area contributed by atoms with Crippen LogP contribution in [0.15, 0.2) is 48.7 Å². The van der Waals surface area contributed by atoms with Gasteiger partial charge in [0.2, 0.25) is 5.95 Å². The summed E-state index contributed by atoms with van der Waals surface area (Å²) in [4.78, 5) is 19.8. The molecule has 0 saturated carbocycles. The van der Waals surface area contributed by atoms with Gasteiger partial charge in [0, 0.05) is 11.4 Å². The van der Waals surface area contributed by atoms with E-state index in [0.29, 0.717) is 35.9 Å². The minimum Gasteiger partial charge on any atom is -0.420 e. The van der Waals surface area contributed by atoms with Crippen molar-refractivity contribution in [3.8, 4) is 5.75 Å². The van der Waals surface area contributed by atoms with Crippen LogP contribution in [0, 0.1) is 0 Å². The van der Waals surface area contributed by atoms with Crippen LogP contribution in [0.3, 0.4) is 0 Å². The molecule has 0 amide bonds. The molecule has 2 heterocycles. The topological polar surface area (TPSA) is 76.1 Å². The minimum atomic E-state index is -5.09. The molecule has 154 valence electrons. The maximum atomic E-state index is 12.7. The highest BCUT2D eigenvalue weighted by molar-refractivity contribution is 6.32. The van der Waals surface area contributed by atoms with Crippen molar-refractivity contribution in [3.05, 3.63) is 64.8 Å². The fourth-order valence-corrected chi connectivity index (χ4v) is 3.11. The number of fused-ring (bicyclic) bond motifs is 6. The van der Waals surface area contributed by atoms with Gasteiger partial charge in [0.1, 0.15) is 10.8 Å². The lowest BCUT2D eigenvalue weighted by Crippen LogP contribution is -2.28. The molecule has 0 aliphatic carbocycles. The molecule has 0 unspecified atom stereocenters. The van der Waals surface area contributed by atoms with Gasteiger partial charge in [-0.25, -0.2) is 9.78 Å². The minimum absolute atomic E-state index is 0.151. The van der Waals surface area contributed by atoms with Gasteiger partial charge in [0.15, 0.2) is 5.82 Å². The summed E-state index contributed by atoms with van der Waals surface area (Å²) >= 11 is 6.17. The molecule has 10 heteroatoms. The van der Waals surface area contributed by atoms with Crippen molar-refractivity contribution in [3.63, 3.8) is 0 Å². The molecular weight excluding hydrogens is 421 g/mol. The van der Waals surface area contributed by atoms with Crippen LogP contribution in [0.1, 0.15) is 11.1 Å². The van der Waals surface area contributed by atoms with E-state index in [2.05, 4.69) is 25.3 Å². The standard InChI is InChI=1S/C20H14ClF3N4O2/c21-15-10-25-19-27-13-3-1-2-11(8-13)4-5-12-9-14(26-17(15)28-19)6-7-16(12)30-18(29)20(22,23)24/h1-3,6-10H,4-5H2,(H2,25,26,27,28). The molecule has 0 radical (unpaired) electrons. The molecule has 1 aliphatic heterocycles. The first-order chi connectivity index (χ1) is 14.3. The number of benzene rings is 2. The Morgan fingerprint density at radius 2 is 1.87 bits per heavy atom. The zero-order valence-corrected chi connectivity index (χ0v) is 16.0. The summed E-state index contributed by atoms with van der Waals surface area (Å²) in [5.74, 6) is -1.77. The van der Waals surface area contributed by atoms with E-state index in [0.717, 1.165) is 11.3 Å². The molecule has 0 fully saturated rings. The molecule has 1 aromatic heterocycles. The molecule has 4 rings (SSSR count). The Labute approximate surface area is 174 Å². The Bertz CT molecular complexity index is 1120. The average Bonchev–Trinajstić information content (AvgIpc) is 2.70. The van der Waals surface area contributed by atoms with Crippen molar-refractivity contribution >= 4 is 40.7 Å². The highest BCUT2D eigenvalue weighted by Crippen LogP contribution is 2.31. The summed E-state index contributed by atoms with van der Waals surface area (Å²) in [5, 5.41) is 6.38. The Morgan fingerprint density at radius 3 is 2.67 bits per heavy atom. The Morgan fingerprint density at radius 1 is 1.07 bits per heavy atom.